The van der Waals surface area contributed by atoms with Crippen LogP contribution in [0.25, 0.3) is 17.1 Å². The van der Waals surface area contributed by atoms with Gasteiger partial charge in [0.2, 0.25) is 0 Å². The highest BCUT2D eigenvalue weighted by atomic mass is 32.2. The summed E-state index contributed by atoms with van der Waals surface area (Å²) >= 11 is 1.30. The highest BCUT2D eigenvalue weighted by Gasteiger charge is 2.17. The number of thioether (sulfide) groups is 1. The van der Waals surface area contributed by atoms with Crippen molar-refractivity contribution in [3.63, 3.8) is 0 Å². The number of carbonyl (C=O) groups excluding carboxylic acids is 1. The Bertz CT molecular complexity index is 1380. The van der Waals surface area contributed by atoms with E-state index in [9.17, 15) is 4.79 Å². The molecule has 190 valence electrons. The summed E-state index contributed by atoms with van der Waals surface area (Å²) < 4.78 is 12.9. The van der Waals surface area contributed by atoms with Crippen molar-refractivity contribution in [3.8, 4) is 28.6 Å². The number of nitrogens with one attached hydrogen (secondary N) is 1. The molecular formula is C28H29N5O3S. The molecule has 4 aromatic rings. The van der Waals surface area contributed by atoms with Crippen molar-refractivity contribution in [3.05, 3.63) is 83.4 Å². The Morgan fingerprint density at radius 2 is 1.70 bits per heavy atom. The summed E-state index contributed by atoms with van der Waals surface area (Å²) in [6.45, 7) is 6.54. The van der Waals surface area contributed by atoms with E-state index in [2.05, 4.69) is 20.7 Å². The molecule has 1 heterocycles. The summed E-state index contributed by atoms with van der Waals surface area (Å²) in [6.07, 6.45) is 1.56. The second kappa shape index (κ2) is 12.2. The minimum Gasteiger partial charge on any atom is -0.493 e. The molecule has 0 aliphatic heterocycles. The zero-order chi connectivity index (χ0) is 26.2. The molecule has 0 fully saturated rings. The van der Waals surface area contributed by atoms with Crippen molar-refractivity contribution in [1.82, 2.24) is 20.2 Å². The van der Waals surface area contributed by atoms with Gasteiger partial charge in [0.15, 0.2) is 22.5 Å². The normalized spacial score (nSPS) is 11.0. The Balaban J connectivity index is 1.46. The van der Waals surface area contributed by atoms with Crippen LogP contribution in [0.4, 0.5) is 0 Å². The van der Waals surface area contributed by atoms with Crippen LogP contribution in [-0.2, 0) is 4.79 Å². The van der Waals surface area contributed by atoms with Gasteiger partial charge in [-0.3, -0.25) is 9.36 Å². The van der Waals surface area contributed by atoms with Crippen molar-refractivity contribution < 1.29 is 14.3 Å². The van der Waals surface area contributed by atoms with Crippen LogP contribution in [0.1, 0.15) is 23.6 Å². The van der Waals surface area contributed by atoms with Crippen LogP contribution in [-0.4, -0.2) is 46.4 Å². The molecule has 0 spiro atoms. The molecule has 8 nitrogen and oxygen atoms in total. The third-order valence-electron chi connectivity index (χ3n) is 5.46. The number of hydrogen-bond donors (Lipinski definition) is 1. The lowest BCUT2D eigenvalue weighted by atomic mass is 10.1. The van der Waals surface area contributed by atoms with Gasteiger partial charge in [-0.2, -0.15) is 5.10 Å². The maximum atomic E-state index is 12.5. The van der Waals surface area contributed by atoms with E-state index >= 15 is 0 Å². The first-order chi connectivity index (χ1) is 18.0. The summed E-state index contributed by atoms with van der Waals surface area (Å²) in [5.41, 5.74) is 7.55. The van der Waals surface area contributed by atoms with Gasteiger partial charge in [0.05, 0.1) is 25.7 Å². The van der Waals surface area contributed by atoms with Crippen LogP contribution in [0.3, 0.4) is 0 Å². The molecule has 0 saturated carbocycles. The van der Waals surface area contributed by atoms with Crippen molar-refractivity contribution >= 4 is 23.9 Å². The number of methoxy groups -OCH3 is 1. The van der Waals surface area contributed by atoms with Crippen LogP contribution in [0.5, 0.6) is 11.5 Å². The van der Waals surface area contributed by atoms with E-state index in [-0.39, 0.29) is 11.7 Å². The number of benzene rings is 3. The van der Waals surface area contributed by atoms with Crippen LogP contribution in [0.2, 0.25) is 0 Å². The zero-order valence-corrected chi connectivity index (χ0v) is 22.1. The number of carbonyl (C=O) groups is 1. The first-order valence-corrected chi connectivity index (χ1v) is 12.8. The number of aromatic nitrogens is 3. The number of ether oxygens (including phenoxy) is 2. The molecule has 0 saturated heterocycles. The third kappa shape index (κ3) is 6.56. The van der Waals surface area contributed by atoms with Crippen LogP contribution in [0, 0.1) is 13.8 Å². The van der Waals surface area contributed by atoms with Gasteiger partial charge in [0.25, 0.3) is 5.91 Å². The Hall–Kier alpha value is -4.11. The molecule has 3 aromatic carbocycles. The Morgan fingerprint density at radius 3 is 2.38 bits per heavy atom. The zero-order valence-electron chi connectivity index (χ0n) is 21.3. The van der Waals surface area contributed by atoms with Crippen LogP contribution >= 0.6 is 11.8 Å². The summed E-state index contributed by atoms with van der Waals surface area (Å²) in [5, 5.41) is 13.5. The molecule has 0 aliphatic rings. The molecule has 0 radical (unpaired) electrons. The molecule has 1 amide bonds. The van der Waals surface area contributed by atoms with E-state index in [0.717, 1.165) is 22.4 Å². The first kappa shape index (κ1) is 26.0. The van der Waals surface area contributed by atoms with Gasteiger partial charge in [0, 0.05) is 11.3 Å². The molecule has 0 bridgehead atoms. The van der Waals surface area contributed by atoms with E-state index in [0.29, 0.717) is 29.1 Å². The Labute approximate surface area is 220 Å². The highest BCUT2D eigenvalue weighted by molar-refractivity contribution is 7.99. The fourth-order valence-electron chi connectivity index (χ4n) is 3.56. The van der Waals surface area contributed by atoms with E-state index in [1.165, 1.54) is 17.3 Å². The average Bonchev–Trinajstić information content (AvgIpc) is 3.33. The van der Waals surface area contributed by atoms with Gasteiger partial charge >= 0.3 is 0 Å². The minimum atomic E-state index is -0.255. The second-order valence-corrected chi connectivity index (χ2v) is 9.21. The van der Waals surface area contributed by atoms with E-state index in [1.54, 1.807) is 19.4 Å². The molecular weight excluding hydrogens is 486 g/mol. The topological polar surface area (TPSA) is 90.6 Å². The number of nitrogens with zero attached hydrogens (tertiary/aromatic N) is 4. The minimum absolute atomic E-state index is 0.127. The van der Waals surface area contributed by atoms with Gasteiger partial charge in [-0.15, -0.1) is 10.2 Å². The lowest BCUT2D eigenvalue weighted by Crippen LogP contribution is -2.20. The van der Waals surface area contributed by atoms with E-state index in [1.807, 2.05) is 86.0 Å². The lowest BCUT2D eigenvalue weighted by Gasteiger charge is -2.11. The molecule has 0 aliphatic carbocycles. The van der Waals surface area contributed by atoms with E-state index < -0.39 is 0 Å². The van der Waals surface area contributed by atoms with Gasteiger partial charge in [0.1, 0.15) is 0 Å². The fourth-order valence-corrected chi connectivity index (χ4v) is 4.30. The van der Waals surface area contributed by atoms with Crippen molar-refractivity contribution in [2.45, 2.75) is 25.9 Å². The summed E-state index contributed by atoms with van der Waals surface area (Å²) in [6, 6.07) is 21.7. The molecule has 9 heteroatoms. The van der Waals surface area contributed by atoms with Crippen molar-refractivity contribution in [1.29, 1.82) is 0 Å². The summed E-state index contributed by atoms with van der Waals surface area (Å²) in [5.74, 6) is 1.85. The molecule has 37 heavy (non-hydrogen) atoms. The number of hydrazone groups is 1. The molecule has 0 atom stereocenters. The van der Waals surface area contributed by atoms with Gasteiger partial charge in [-0.25, -0.2) is 5.43 Å². The Morgan fingerprint density at radius 1 is 1.00 bits per heavy atom. The predicted molar refractivity (Wildman–Crippen MR) is 147 cm³/mol. The van der Waals surface area contributed by atoms with Gasteiger partial charge < -0.3 is 9.47 Å². The molecule has 4 rings (SSSR count). The SMILES string of the molecule is CCOc1ccc(C=NNC(=O)CSc2nnc(-c3ccc(C)cc3)n2-c2ccc(C)cc2)cc1OC. The first-order valence-electron chi connectivity index (χ1n) is 11.8. The van der Waals surface area contributed by atoms with Gasteiger partial charge in [-0.05, 0) is 56.7 Å². The Kier molecular flexibility index (Phi) is 8.58. The molecule has 0 unspecified atom stereocenters. The lowest BCUT2D eigenvalue weighted by molar-refractivity contribution is -0.118. The number of hydrogen-bond acceptors (Lipinski definition) is 7. The third-order valence-corrected chi connectivity index (χ3v) is 6.39. The van der Waals surface area contributed by atoms with Crippen LogP contribution in [0.15, 0.2) is 77.0 Å². The summed E-state index contributed by atoms with van der Waals surface area (Å²) in [4.78, 5) is 12.5. The summed E-state index contributed by atoms with van der Waals surface area (Å²) in [7, 11) is 1.58. The van der Waals surface area contributed by atoms with Crippen LogP contribution < -0.4 is 14.9 Å². The fraction of sp³-hybridized carbons (Fsp3) is 0.214. The van der Waals surface area contributed by atoms with Crippen molar-refractivity contribution in [2.75, 3.05) is 19.5 Å². The number of rotatable bonds is 10. The number of aryl methyl sites for hydroxylation is 2. The maximum Gasteiger partial charge on any atom is 0.250 e. The second-order valence-electron chi connectivity index (χ2n) is 8.27. The average molecular weight is 516 g/mol. The van der Waals surface area contributed by atoms with E-state index in [4.69, 9.17) is 9.47 Å². The monoisotopic (exact) mass is 515 g/mol. The highest BCUT2D eigenvalue weighted by Crippen LogP contribution is 2.29. The van der Waals surface area contributed by atoms with Gasteiger partial charge in [-0.1, -0.05) is 59.3 Å². The standard InChI is InChI=1S/C28H29N5O3S/c1-5-36-24-15-10-21(16-25(24)35-4)17-29-30-26(34)18-37-28-32-31-27(22-11-6-19(2)7-12-22)33(28)23-13-8-20(3)9-14-23/h6-17H,5,18H2,1-4H3,(H,30,34). The predicted octanol–water partition coefficient (Wildman–Crippen LogP) is 5.20. The maximum absolute atomic E-state index is 12.5. The van der Waals surface area contributed by atoms with Crippen molar-refractivity contribution in [2.24, 2.45) is 5.10 Å². The quantitative estimate of drug-likeness (QED) is 0.177. The number of amides is 1. The largest absolute Gasteiger partial charge is 0.493 e. The molecule has 1 aromatic heterocycles. The molecule has 1 N–H and O–H groups in total. The smallest absolute Gasteiger partial charge is 0.250 e.